The number of alkyl halides is 3. The third-order valence-electron chi connectivity index (χ3n) is 2.83. The van der Waals surface area contributed by atoms with Gasteiger partial charge < -0.3 is 9.84 Å². The van der Waals surface area contributed by atoms with Gasteiger partial charge >= 0.3 is 6.18 Å². The van der Waals surface area contributed by atoms with E-state index in [0.717, 1.165) is 6.07 Å². The summed E-state index contributed by atoms with van der Waals surface area (Å²) in [6.45, 7) is 1.28. The zero-order chi connectivity index (χ0) is 15.6. The first kappa shape index (κ1) is 15.7. The zero-order valence-electron chi connectivity index (χ0n) is 11.0. The molecule has 1 unspecified atom stereocenters. The van der Waals surface area contributed by atoms with Crippen LogP contribution in [0.1, 0.15) is 24.2 Å². The maximum atomic E-state index is 13.0. The van der Waals surface area contributed by atoms with E-state index in [9.17, 15) is 18.3 Å². The molecule has 0 aliphatic carbocycles. The maximum absolute atomic E-state index is 13.0. The van der Waals surface area contributed by atoms with Crippen LogP contribution in [0.25, 0.3) is 0 Å². The monoisotopic (exact) mass is 316 g/mol. The van der Waals surface area contributed by atoms with Crippen LogP contribution in [-0.2, 0) is 6.18 Å². The minimum Gasteiger partial charge on any atom is -0.457 e. The maximum Gasteiger partial charge on any atom is 0.416 e. The van der Waals surface area contributed by atoms with Crippen LogP contribution >= 0.6 is 11.6 Å². The standard InChI is InChI=1S/C15H12ClF3O2/c1-9(20)13-7-6-12(8-14(13)15(17,18)19)21-11-4-2-10(16)3-5-11/h2-9,20H,1H3. The molecule has 2 aromatic rings. The van der Waals surface area contributed by atoms with E-state index >= 15 is 0 Å². The number of aliphatic hydroxyl groups excluding tert-OH is 1. The number of benzene rings is 2. The first-order valence-corrected chi connectivity index (χ1v) is 6.48. The lowest BCUT2D eigenvalue weighted by atomic mass is 10.0. The van der Waals surface area contributed by atoms with Crippen molar-refractivity contribution in [1.82, 2.24) is 0 Å². The lowest BCUT2D eigenvalue weighted by Gasteiger charge is -2.16. The van der Waals surface area contributed by atoms with Gasteiger partial charge in [-0.1, -0.05) is 17.7 Å². The van der Waals surface area contributed by atoms with E-state index in [4.69, 9.17) is 16.3 Å². The van der Waals surface area contributed by atoms with Crippen molar-refractivity contribution >= 4 is 11.6 Å². The average molecular weight is 317 g/mol. The molecular weight excluding hydrogens is 305 g/mol. The van der Waals surface area contributed by atoms with Crippen molar-refractivity contribution in [2.45, 2.75) is 19.2 Å². The Kier molecular flexibility index (Phi) is 4.44. The van der Waals surface area contributed by atoms with Crippen LogP contribution in [0.15, 0.2) is 42.5 Å². The number of rotatable bonds is 3. The highest BCUT2D eigenvalue weighted by molar-refractivity contribution is 6.30. The highest BCUT2D eigenvalue weighted by Gasteiger charge is 2.34. The Hall–Kier alpha value is -1.72. The quantitative estimate of drug-likeness (QED) is 0.843. The summed E-state index contributed by atoms with van der Waals surface area (Å²) in [6, 6.07) is 9.72. The van der Waals surface area contributed by atoms with Crippen LogP contribution in [0.4, 0.5) is 13.2 Å². The van der Waals surface area contributed by atoms with E-state index in [1.807, 2.05) is 0 Å². The molecule has 0 amide bonds. The second-order valence-corrected chi connectivity index (χ2v) is 4.92. The Labute approximate surface area is 124 Å². The number of hydrogen-bond donors (Lipinski definition) is 1. The molecule has 2 aromatic carbocycles. The SMILES string of the molecule is CC(O)c1ccc(Oc2ccc(Cl)cc2)cc1C(F)(F)F. The minimum absolute atomic E-state index is 0.0362. The van der Waals surface area contributed by atoms with Crippen LogP contribution in [0.5, 0.6) is 11.5 Å². The van der Waals surface area contributed by atoms with E-state index in [1.165, 1.54) is 19.1 Å². The molecule has 0 radical (unpaired) electrons. The highest BCUT2D eigenvalue weighted by atomic mass is 35.5. The van der Waals surface area contributed by atoms with Gasteiger partial charge in [-0.15, -0.1) is 0 Å². The molecule has 0 aliphatic rings. The molecule has 0 saturated carbocycles. The molecule has 0 aliphatic heterocycles. The van der Waals surface area contributed by atoms with Gasteiger partial charge in [0.25, 0.3) is 0 Å². The Morgan fingerprint density at radius 1 is 1.05 bits per heavy atom. The van der Waals surface area contributed by atoms with E-state index < -0.39 is 17.8 Å². The first-order chi connectivity index (χ1) is 9.77. The van der Waals surface area contributed by atoms with Gasteiger partial charge in [0.1, 0.15) is 11.5 Å². The molecule has 0 spiro atoms. The van der Waals surface area contributed by atoms with Gasteiger partial charge in [-0.25, -0.2) is 0 Å². The van der Waals surface area contributed by atoms with Crippen molar-refractivity contribution in [2.75, 3.05) is 0 Å². The van der Waals surface area contributed by atoms with E-state index in [-0.39, 0.29) is 11.3 Å². The molecule has 0 bridgehead atoms. The first-order valence-electron chi connectivity index (χ1n) is 6.10. The number of halogens is 4. The van der Waals surface area contributed by atoms with Crippen LogP contribution < -0.4 is 4.74 Å². The van der Waals surface area contributed by atoms with Crippen molar-refractivity contribution in [3.8, 4) is 11.5 Å². The number of hydrogen-bond acceptors (Lipinski definition) is 2. The molecule has 112 valence electrons. The third-order valence-corrected chi connectivity index (χ3v) is 3.08. The summed E-state index contributed by atoms with van der Waals surface area (Å²) in [4.78, 5) is 0. The predicted octanol–water partition coefficient (Wildman–Crippen LogP) is 5.20. The average Bonchev–Trinajstić information content (AvgIpc) is 2.40. The summed E-state index contributed by atoms with van der Waals surface area (Å²) in [6.07, 6.45) is -5.78. The van der Waals surface area contributed by atoms with E-state index in [2.05, 4.69) is 0 Å². The van der Waals surface area contributed by atoms with Crippen molar-refractivity contribution in [2.24, 2.45) is 0 Å². The number of ether oxygens (including phenoxy) is 1. The van der Waals surface area contributed by atoms with Gasteiger partial charge in [0.15, 0.2) is 0 Å². The van der Waals surface area contributed by atoms with Crippen LogP contribution in [0.3, 0.4) is 0 Å². The Bertz CT molecular complexity index is 622. The van der Waals surface area contributed by atoms with Crippen molar-refractivity contribution in [1.29, 1.82) is 0 Å². The molecule has 1 N–H and O–H groups in total. The molecule has 0 fully saturated rings. The molecule has 0 saturated heterocycles. The molecule has 6 heteroatoms. The van der Waals surface area contributed by atoms with Gasteiger partial charge in [0.2, 0.25) is 0 Å². The smallest absolute Gasteiger partial charge is 0.416 e. The minimum atomic E-state index is -4.56. The summed E-state index contributed by atoms with van der Waals surface area (Å²) in [5, 5.41) is 9.93. The zero-order valence-corrected chi connectivity index (χ0v) is 11.7. The fourth-order valence-corrected chi connectivity index (χ4v) is 1.97. The lowest BCUT2D eigenvalue weighted by molar-refractivity contribution is -0.139. The largest absolute Gasteiger partial charge is 0.457 e. The molecule has 21 heavy (non-hydrogen) atoms. The Morgan fingerprint density at radius 3 is 2.14 bits per heavy atom. The number of aliphatic hydroxyl groups is 1. The van der Waals surface area contributed by atoms with Gasteiger partial charge in [0, 0.05) is 5.02 Å². The molecule has 2 rings (SSSR count). The molecule has 0 aromatic heterocycles. The van der Waals surface area contributed by atoms with Crippen LogP contribution in [-0.4, -0.2) is 5.11 Å². The van der Waals surface area contributed by atoms with Gasteiger partial charge in [-0.2, -0.15) is 13.2 Å². The second-order valence-electron chi connectivity index (χ2n) is 4.48. The summed E-state index contributed by atoms with van der Waals surface area (Å²) in [7, 11) is 0. The molecule has 1 atom stereocenters. The highest BCUT2D eigenvalue weighted by Crippen LogP contribution is 2.37. The van der Waals surface area contributed by atoms with Crippen LogP contribution in [0, 0.1) is 0 Å². The fraction of sp³-hybridized carbons (Fsp3) is 0.200. The van der Waals surface area contributed by atoms with Crippen molar-refractivity contribution in [3.05, 3.63) is 58.6 Å². The lowest BCUT2D eigenvalue weighted by Crippen LogP contribution is -2.11. The summed E-state index contributed by atoms with van der Waals surface area (Å²) >= 11 is 5.72. The van der Waals surface area contributed by atoms with Crippen LogP contribution in [0.2, 0.25) is 5.02 Å². The summed E-state index contributed by atoms with van der Waals surface area (Å²) in [5.74, 6) is 0.409. The Balaban J connectivity index is 2.35. The predicted molar refractivity (Wildman–Crippen MR) is 73.6 cm³/mol. The second kappa shape index (κ2) is 5.95. The summed E-state index contributed by atoms with van der Waals surface area (Å²) < 4.78 is 44.4. The topological polar surface area (TPSA) is 29.5 Å². The molecular formula is C15H12ClF3O2. The fourth-order valence-electron chi connectivity index (χ4n) is 1.85. The summed E-state index contributed by atoms with van der Waals surface area (Å²) in [5.41, 5.74) is -1.10. The third kappa shape index (κ3) is 3.89. The normalized spacial score (nSPS) is 13.0. The van der Waals surface area contributed by atoms with E-state index in [1.54, 1.807) is 24.3 Å². The van der Waals surface area contributed by atoms with Crippen molar-refractivity contribution < 1.29 is 23.0 Å². The Morgan fingerprint density at radius 2 is 1.62 bits per heavy atom. The van der Waals surface area contributed by atoms with E-state index in [0.29, 0.717) is 10.8 Å². The molecule has 0 heterocycles. The van der Waals surface area contributed by atoms with Gasteiger partial charge in [-0.3, -0.25) is 0 Å². The van der Waals surface area contributed by atoms with Gasteiger partial charge in [-0.05, 0) is 48.9 Å². The molecule has 2 nitrogen and oxygen atoms in total. The van der Waals surface area contributed by atoms with Gasteiger partial charge in [0.05, 0.1) is 11.7 Å². The van der Waals surface area contributed by atoms with Crippen molar-refractivity contribution in [3.63, 3.8) is 0 Å².